The normalized spacial score (nSPS) is 11.1. The molecule has 2 aromatic carbocycles. The van der Waals surface area contributed by atoms with E-state index in [1.54, 1.807) is 4.57 Å². The molecule has 0 spiro atoms. The third kappa shape index (κ3) is 3.94. The van der Waals surface area contributed by atoms with Crippen molar-refractivity contribution in [2.75, 3.05) is 6.61 Å². The largest absolute Gasteiger partial charge is 0.494 e. The summed E-state index contributed by atoms with van der Waals surface area (Å²) in [7, 11) is 0. The molecule has 4 rings (SSSR count). The van der Waals surface area contributed by atoms with Gasteiger partial charge in [0.1, 0.15) is 11.3 Å². The highest BCUT2D eigenvalue weighted by Crippen LogP contribution is 2.18. The molecule has 0 fully saturated rings. The number of ether oxygens (including phenoxy) is 1. The molecule has 2 aromatic heterocycles. The number of nitrogens with zero attached hydrogens (tertiary/aromatic N) is 2. The van der Waals surface area contributed by atoms with E-state index in [9.17, 15) is 9.59 Å². The number of nitrogens with one attached hydrogen (secondary N) is 1. The van der Waals surface area contributed by atoms with Crippen molar-refractivity contribution in [3.63, 3.8) is 0 Å². The average molecular weight is 403 g/mol. The van der Waals surface area contributed by atoms with Crippen molar-refractivity contribution >= 4 is 22.5 Å². The second kappa shape index (κ2) is 8.86. The maximum Gasteiger partial charge on any atom is 0.275 e. The number of aryl methyl sites for hydroxylation is 1. The molecule has 0 bridgehead atoms. The summed E-state index contributed by atoms with van der Waals surface area (Å²) >= 11 is 0. The summed E-state index contributed by atoms with van der Waals surface area (Å²) in [6.07, 6.45) is 2.83. The van der Waals surface area contributed by atoms with Crippen LogP contribution in [0.15, 0.2) is 71.7 Å². The van der Waals surface area contributed by atoms with Crippen LogP contribution >= 0.6 is 0 Å². The molecule has 0 saturated carbocycles. The van der Waals surface area contributed by atoms with Crippen LogP contribution in [0.2, 0.25) is 0 Å². The van der Waals surface area contributed by atoms with E-state index in [1.807, 2.05) is 78.2 Å². The molecule has 0 unspecified atom stereocenters. The Labute approximate surface area is 174 Å². The summed E-state index contributed by atoms with van der Waals surface area (Å²) in [5.74, 6) is 0.751. The Balaban J connectivity index is 1.42. The standard InChI is InChI=1S/C24H25N3O3/c1-2-30-22-13-6-3-9-18(22)17-25-23(28)14-8-16-27-20-11-5-4-10-19(20)26-15-7-12-21(26)24(27)29/h3-7,9-13,15H,2,8,14,16-17H2,1H3,(H,25,28). The highest BCUT2D eigenvalue weighted by atomic mass is 16.5. The first-order valence-electron chi connectivity index (χ1n) is 10.2. The van der Waals surface area contributed by atoms with Gasteiger partial charge in [-0.2, -0.15) is 0 Å². The molecule has 0 aliphatic heterocycles. The van der Waals surface area contributed by atoms with E-state index in [4.69, 9.17) is 4.74 Å². The van der Waals surface area contributed by atoms with Gasteiger partial charge < -0.3 is 19.0 Å². The van der Waals surface area contributed by atoms with Crippen LogP contribution in [0.4, 0.5) is 0 Å². The van der Waals surface area contributed by atoms with Crippen molar-refractivity contribution < 1.29 is 9.53 Å². The molecule has 0 radical (unpaired) electrons. The van der Waals surface area contributed by atoms with E-state index < -0.39 is 0 Å². The van der Waals surface area contributed by atoms with Gasteiger partial charge in [0.05, 0.1) is 17.6 Å². The zero-order valence-electron chi connectivity index (χ0n) is 17.0. The summed E-state index contributed by atoms with van der Waals surface area (Å²) in [5, 5.41) is 2.95. The number of hydrogen-bond acceptors (Lipinski definition) is 3. The number of hydrogen-bond donors (Lipinski definition) is 1. The fourth-order valence-corrected chi connectivity index (χ4v) is 3.76. The van der Waals surface area contributed by atoms with E-state index in [-0.39, 0.29) is 11.5 Å². The fraction of sp³-hybridized carbons (Fsp3) is 0.250. The van der Waals surface area contributed by atoms with E-state index in [2.05, 4.69) is 5.32 Å². The van der Waals surface area contributed by atoms with Gasteiger partial charge >= 0.3 is 0 Å². The Morgan fingerprint density at radius 2 is 1.70 bits per heavy atom. The van der Waals surface area contributed by atoms with Crippen molar-refractivity contribution in [1.29, 1.82) is 0 Å². The Morgan fingerprint density at radius 1 is 0.967 bits per heavy atom. The van der Waals surface area contributed by atoms with E-state index in [0.717, 1.165) is 22.3 Å². The smallest absolute Gasteiger partial charge is 0.275 e. The minimum Gasteiger partial charge on any atom is -0.494 e. The van der Waals surface area contributed by atoms with Crippen LogP contribution in [0, 0.1) is 0 Å². The summed E-state index contributed by atoms with van der Waals surface area (Å²) in [6, 6.07) is 19.2. The average Bonchev–Trinajstić information content (AvgIpc) is 3.26. The first-order valence-corrected chi connectivity index (χ1v) is 10.2. The van der Waals surface area contributed by atoms with Crippen LogP contribution in [-0.4, -0.2) is 21.5 Å². The van der Waals surface area contributed by atoms with Gasteiger partial charge in [0, 0.05) is 31.3 Å². The maximum absolute atomic E-state index is 12.9. The molecule has 0 aliphatic carbocycles. The molecule has 6 nitrogen and oxygen atoms in total. The summed E-state index contributed by atoms with van der Waals surface area (Å²) in [4.78, 5) is 25.3. The molecule has 2 heterocycles. The molecule has 0 saturated heterocycles. The quantitative estimate of drug-likeness (QED) is 0.487. The highest BCUT2D eigenvalue weighted by molar-refractivity contribution is 5.79. The summed E-state index contributed by atoms with van der Waals surface area (Å²) in [5.41, 5.74) is 3.41. The van der Waals surface area contributed by atoms with Crippen LogP contribution in [0.25, 0.3) is 16.6 Å². The van der Waals surface area contributed by atoms with Gasteiger partial charge in [-0.25, -0.2) is 0 Å². The number of carbonyl (C=O) groups is 1. The second-order valence-corrected chi connectivity index (χ2v) is 7.13. The van der Waals surface area contributed by atoms with Gasteiger partial charge in [0.15, 0.2) is 0 Å². The number of rotatable bonds is 8. The van der Waals surface area contributed by atoms with Gasteiger partial charge in [-0.3, -0.25) is 9.59 Å². The van der Waals surface area contributed by atoms with Crippen LogP contribution < -0.4 is 15.6 Å². The van der Waals surface area contributed by atoms with E-state index >= 15 is 0 Å². The molecular weight excluding hydrogens is 378 g/mol. The van der Waals surface area contributed by atoms with Crippen molar-refractivity contribution in [1.82, 2.24) is 14.3 Å². The van der Waals surface area contributed by atoms with Crippen LogP contribution in [0.1, 0.15) is 25.3 Å². The van der Waals surface area contributed by atoms with Crippen LogP contribution in [-0.2, 0) is 17.9 Å². The van der Waals surface area contributed by atoms with Gasteiger partial charge in [-0.05, 0) is 43.7 Å². The topological polar surface area (TPSA) is 64.7 Å². The Kier molecular flexibility index (Phi) is 5.84. The first-order chi connectivity index (χ1) is 14.7. The van der Waals surface area contributed by atoms with Crippen molar-refractivity contribution in [2.45, 2.75) is 32.9 Å². The van der Waals surface area contributed by atoms with Crippen molar-refractivity contribution in [3.8, 4) is 5.75 Å². The zero-order chi connectivity index (χ0) is 20.9. The Bertz CT molecular complexity index is 1240. The lowest BCUT2D eigenvalue weighted by Crippen LogP contribution is -2.25. The summed E-state index contributed by atoms with van der Waals surface area (Å²) in [6.45, 7) is 3.43. The summed E-state index contributed by atoms with van der Waals surface area (Å²) < 4.78 is 9.28. The van der Waals surface area contributed by atoms with Gasteiger partial charge in [0.2, 0.25) is 5.91 Å². The molecular formula is C24H25N3O3. The van der Waals surface area contributed by atoms with Crippen molar-refractivity contribution in [2.24, 2.45) is 0 Å². The number of amides is 1. The third-order valence-electron chi connectivity index (χ3n) is 5.18. The Hall–Kier alpha value is -3.54. The molecule has 1 N–H and O–H groups in total. The SMILES string of the molecule is CCOc1ccccc1CNC(=O)CCCn1c(=O)c2cccn2c2ccccc21. The third-order valence-corrected chi connectivity index (χ3v) is 5.18. The monoisotopic (exact) mass is 403 g/mol. The number of fused-ring (bicyclic) bond motifs is 3. The lowest BCUT2D eigenvalue weighted by atomic mass is 10.2. The van der Waals surface area contributed by atoms with E-state index in [1.165, 1.54) is 0 Å². The molecule has 0 aliphatic rings. The second-order valence-electron chi connectivity index (χ2n) is 7.13. The molecule has 0 atom stereocenters. The highest BCUT2D eigenvalue weighted by Gasteiger charge is 2.11. The maximum atomic E-state index is 12.9. The molecule has 4 aromatic rings. The predicted octanol–water partition coefficient (Wildman–Crippen LogP) is 3.75. The Morgan fingerprint density at radius 3 is 2.53 bits per heavy atom. The zero-order valence-corrected chi connectivity index (χ0v) is 17.0. The van der Waals surface area contributed by atoms with Crippen LogP contribution in [0.3, 0.4) is 0 Å². The number of carbonyl (C=O) groups excluding carboxylic acids is 1. The fourth-order valence-electron chi connectivity index (χ4n) is 3.76. The molecule has 6 heteroatoms. The number of para-hydroxylation sites is 3. The van der Waals surface area contributed by atoms with E-state index in [0.29, 0.717) is 38.1 Å². The lowest BCUT2D eigenvalue weighted by molar-refractivity contribution is -0.121. The molecule has 1 amide bonds. The van der Waals surface area contributed by atoms with Gasteiger partial charge in [-0.15, -0.1) is 0 Å². The predicted molar refractivity (Wildman–Crippen MR) is 118 cm³/mol. The molecule has 30 heavy (non-hydrogen) atoms. The minimum absolute atomic E-state index is 0.0373. The number of benzene rings is 2. The van der Waals surface area contributed by atoms with Gasteiger partial charge in [-0.1, -0.05) is 30.3 Å². The number of aromatic nitrogens is 2. The van der Waals surface area contributed by atoms with Crippen molar-refractivity contribution in [3.05, 3.63) is 82.8 Å². The minimum atomic E-state index is -0.0394. The van der Waals surface area contributed by atoms with Crippen LogP contribution in [0.5, 0.6) is 5.75 Å². The molecule has 154 valence electrons. The first kappa shape index (κ1) is 19.8. The lowest BCUT2D eigenvalue weighted by Gasteiger charge is -2.13. The van der Waals surface area contributed by atoms with Gasteiger partial charge in [0.25, 0.3) is 5.56 Å².